The molecule has 0 saturated heterocycles. The van der Waals surface area contributed by atoms with E-state index in [0.717, 1.165) is 12.2 Å². The molecule has 4 nitrogen and oxygen atoms in total. The summed E-state index contributed by atoms with van der Waals surface area (Å²) in [4.78, 5) is 14.7. The highest BCUT2D eigenvalue weighted by atomic mass is 35.5. The summed E-state index contributed by atoms with van der Waals surface area (Å²) >= 11 is 12.3. The van der Waals surface area contributed by atoms with Crippen molar-refractivity contribution in [3.05, 3.63) is 87.7 Å². The first-order valence-corrected chi connectivity index (χ1v) is 10.3. The van der Waals surface area contributed by atoms with Gasteiger partial charge < -0.3 is 14.8 Å². The fraction of sp³-hybridized carbons (Fsp3) is 0.261. The molecule has 1 heterocycles. The van der Waals surface area contributed by atoms with Gasteiger partial charge in [0.1, 0.15) is 0 Å². The molecule has 6 heteroatoms. The van der Waals surface area contributed by atoms with E-state index >= 15 is 0 Å². The molecular weight excluding hydrogens is 405 g/mol. The highest BCUT2D eigenvalue weighted by Gasteiger charge is 2.20. The standard InChI is InChI=1S/C23H25Cl2N3O/c1-16(2)28(23(29)26-21-11-5-10-20(24)22(21)25)15-19-9-6-12-27(19)14-18-8-4-7-17(3)13-18/h4-13,16H,14-15H2,1-3H3,(H,26,29). The molecule has 0 aliphatic rings. The van der Waals surface area contributed by atoms with E-state index in [1.165, 1.54) is 11.1 Å². The monoisotopic (exact) mass is 429 g/mol. The van der Waals surface area contributed by atoms with E-state index in [9.17, 15) is 4.79 Å². The Morgan fingerprint density at radius 2 is 1.86 bits per heavy atom. The maximum absolute atomic E-state index is 13.0. The normalized spacial score (nSPS) is 11.0. The van der Waals surface area contributed by atoms with Crippen LogP contribution in [0.5, 0.6) is 0 Å². The molecule has 1 aromatic heterocycles. The molecule has 2 amide bonds. The van der Waals surface area contributed by atoms with Crippen molar-refractivity contribution in [2.75, 3.05) is 5.32 Å². The second kappa shape index (κ2) is 9.38. The van der Waals surface area contributed by atoms with Gasteiger partial charge in [0.15, 0.2) is 0 Å². The number of aromatic nitrogens is 1. The van der Waals surface area contributed by atoms with Crippen molar-refractivity contribution >= 4 is 34.9 Å². The highest BCUT2D eigenvalue weighted by Crippen LogP contribution is 2.30. The average Bonchev–Trinajstić information content (AvgIpc) is 3.10. The third-order valence-electron chi connectivity index (χ3n) is 4.77. The number of carbonyl (C=O) groups excluding carboxylic acids is 1. The number of hydrogen-bond donors (Lipinski definition) is 1. The van der Waals surface area contributed by atoms with Crippen LogP contribution in [0.3, 0.4) is 0 Å². The minimum Gasteiger partial charge on any atom is -0.345 e. The lowest BCUT2D eigenvalue weighted by atomic mass is 10.1. The van der Waals surface area contributed by atoms with E-state index in [2.05, 4.69) is 41.1 Å². The molecule has 0 unspecified atom stereocenters. The molecule has 2 aromatic carbocycles. The van der Waals surface area contributed by atoms with Crippen LogP contribution < -0.4 is 5.32 Å². The zero-order chi connectivity index (χ0) is 21.0. The summed E-state index contributed by atoms with van der Waals surface area (Å²) in [5, 5.41) is 3.63. The number of nitrogens with one attached hydrogen (secondary N) is 1. The molecule has 0 radical (unpaired) electrons. The minimum atomic E-state index is -0.215. The summed E-state index contributed by atoms with van der Waals surface area (Å²) in [6.07, 6.45) is 2.04. The van der Waals surface area contributed by atoms with Crippen molar-refractivity contribution in [2.45, 2.75) is 39.9 Å². The molecule has 29 heavy (non-hydrogen) atoms. The number of anilines is 1. The minimum absolute atomic E-state index is 0.00952. The van der Waals surface area contributed by atoms with Gasteiger partial charge in [-0.25, -0.2) is 4.79 Å². The van der Waals surface area contributed by atoms with E-state index in [1.54, 1.807) is 23.1 Å². The fourth-order valence-corrected chi connectivity index (χ4v) is 3.55. The van der Waals surface area contributed by atoms with Crippen molar-refractivity contribution in [1.82, 2.24) is 9.47 Å². The first kappa shape index (κ1) is 21.3. The van der Waals surface area contributed by atoms with Crippen LogP contribution >= 0.6 is 23.2 Å². The van der Waals surface area contributed by atoms with Gasteiger partial charge >= 0.3 is 6.03 Å². The average molecular weight is 430 g/mol. The lowest BCUT2D eigenvalue weighted by molar-refractivity contribution is 0.192. The predicted octanol–water partition coefficient (Wildman–Crippen LogP) is 6.59. The quantitative estimate of drug-likeness (QED) is 0.470. The van der Waals surface area contributed by atoms with Crippen molar-refractivity contribution < 1.29 is 4.79 Å². The summed E-state index contributed by atoms with van der Waals surface area (Å²) in [5.74, 6) is 0. The zero-order valence-corrected chi connectivity index (χ0v) is 18.3. The third-order valence-corrected chi connectivity index (χ3v) is 5.59. The molecule has 0 atom stereocenters. The maximum Gasteiger partial charge on any atom is 0.322 e. The Labute approximate surface area is 182 Å². The number of rotatable bonds is 6. The van der Waals surface area contributed by atoms with Crippen LogP contribution in [0.1, 0.15) is 30.7 Å². The molecule has 0 bridgehead atoms. The summed E-state index contributed by atoms with van der Waals surface area (Å²) in [6.45, 7) is 7.32. The van der Waals surface area contributed by atoms with Crippen molar-refractivity contribution in [2.24, 2.45) is 0 Å². The number of benzene rings is 2. The van der Waals surface area contributed by atoms with Gasteiger partial charge in [0.05, 0.1) is 22.3 Å². The van der Waals surface area contributed by atoms with Crippen molar-refractivity contribution in [1.29, 1.82) is 0 Å². The van der Waals surface area contributed by atoms with Crippen LogP contribution in [0.2, 0.25) is 10.0 Å². The largest absolute Gasteiger partial charge is 0.345 e. The number of amides is 2. The molecule has 0 saturated carbocycles. The Bertz CT molecular complexity index is 997. The molecular formula is C23H25Cl2N3O. The smallest absolute Gasteiger partial charge is 0.322 e. The Hall–Kier alpha value is -2.43. The Morgan fingerprint density at radius 3 is 2.59 bits per heavy atom. The summed E-state index contributed by atoms with van der Waals surface area (Å²) in [5.41, 5.74) is 4.03. The SMILES string of the molecule is Cc1cccc(Cn2cccc2CN(C(=O)Nc2cccc(Cl)c2Cl)C(C)C)c1. The lowest BCUT2D eigenvalue weighted by Crippen LogP contribution is -2.40. The van der Waals surface area contributed by atoms with E-state index < -0.39 is 0 Å². The Kier molecular flexibility index (Phi) is 6.88. The van der Waals surface area contributed by atoms with Gasteiger partial charge in [-0.05, 0) is 50.6 Å². The highest BCUT2D eigenvalue weighted by molar-refractivity contribution is 6.43. The van der Waals surface area contributed by atoms with Crippen LogP contribution in [0.25, 0.3) is 0 Å². The Balaban J connectivity index is 1.77. The van der Waals surface area contributed by atoms with Gasteiger partial charge in [0, 0.05) is 24.5 Å². The molecule has 0 aliphatic carbocycles. The van der Waals surface area contributed by atoms with Crippen LogP contribution in [-0.4, -0.2) is 21.5 Å². The van der Waals surface area contributed by atoms with Gasteiger partial charge in [-0.1, -0.05) is 59.1 Å². The summed E-state index contributed by atoms with van der Waals surface area (Å²) in [6, 6.07) is 17.5. The van der Waals surface area contributed by atoms with Crippen LogP contribution in [0.15, 0.2) is 60.8 Å². The molecule has 3 rings (SSSR count). The van der Waals surface area contributed by atoms with E-state index in [0.29, 0.717) is 22.3 Å². The molecule has 0 aliphatic heterocycles. The summed E-state index contributed by atoms with van der Waals surface area (Å²) < 4.78 is 2.17. The van der Waals surface area contributed by atoms with Crippen LogP contribution in [0, 0.1) is 6.92 Å². The Morgan fingerprint density at radius 1 is 1.10 bits per heavy atom. The van der Waals surface area contributed by atoms with Gasteiger partial charge in [0.25, 0.3) is 0 Å². The molecule has 0 fully saturated rings. The van der Waals surface area contributed by atoms with E-state index in [1.807, 2.05) is 32.2 Å². The van der Waals surface area contributed by atoms with Crippen molar-refractivity contribution in [3.63, 3.8) is 0 Å². The number of aryl methyl sites for hydroxylation is 1. The number of carbonyl (C=O) groups is 1. The zero-order valence-electron chi connectivity index (χ0n) is 16.8. The maximum atomic E-state index is 13.0. The van der Waals surface area contributed by atoms with E-state index in [4.69, 9.17) is 23.2 Å². The second-order valence-corrected chi connectivity index (χ2v) is 8.15. The first-order valence-electron chi connectivity index (χ1n) is 9.56. The van der Waals surface area contributed by atoms with Crippen LogP contribution in [0.4, 0.5) is 10.5 Å². The van der Waals surface area contributed by atoms with Gasteiger partial charge in [0.2, 0.25) is 0 Å². The molecule has 1 N–H and O–H groups in total. The lowest BCUT2D eigenvalue weighted by Gasteiger charge is -2.28. The number of halogens is 2. The van der Waals surface area contributed by atoms with Gasteiger partial charge in [-0.15, -0.1) is 0 Å². The van der Waals surface area contributed by atoms with Crippen molar-refractivity contribution in [3.8, 4) is 0 Å². The molecule has 3 aromatic rings. The second-order valence-electron chi connectivity index (χ2n) is 7.37. The number of nitrogens with zero attached hydrogens (tertiary/aromatic N) is 2. The van der Waals surface area contributed by atoms with E-state index in [-0.39, 0.29) is 12.1 Å². The fourth-order valence-electron chi connectivity index (χ4n) is 3.21. The molecule has 152 valence electrons. The first-order chi connectivity index (χ1) is 13.8. The van der Waals surface area contributed by atoms with Gasteiger partial charge in [-0.3, -0.25) is 0 Å². The van der Waals surface area contributed by atoms with Crippen LogP contribution in [-0.2, 0) is 13.1 Å². The van der Waals surface area contributed by atoms with Gasteiger partial charge in [-0.2, -0.15) is 0 Å². The summed E-state index contributed by atoms with van der Waals surface area (Å²) in [7, 11) is 0. The topological polar surface area (TPSA) is 37.3 Å². The molecule has 0 spiro atoms. The number of urea groups is 1. The third kappa shape index (κ3) is 5.34. The predicted molar refractivity (Wildman–Crippen MR) is 121 cm³/mol. The number of hydrogen-bond acceptors (Lipinski definition) is 1.